The lowest BCUT2D eigenvalue weighted by atomic mass is 9.69. The van der Waals surface area contributed by atoms with Crippen molar-refractivity contribution in [2.45, 2.75) is 32.6 Å². The number of benzene rings is 1. The molecule has 0 bridgehead atoms. The fourth-order valence-corrected chi connectivity index (χ4v) is 5.88. The van der Waals surface area contributed by atoms with Crippen LogP contribution in [0.4, 0.5) is 11.4 Å². The average molecular weight is 499 g/mol. The zero-order valence-corrected chi connectivity index (χ0v) is 19.3. The molecule has 4 rings (SSSR count). The van der Waals surface area contributed by atoms with Gasteiger partial charge in [0, 0.05) is 44.6 Å². The summed E-state index contributed by atoms with van der Waals surface area (Å²) >= 11 is 4.91. The van der Waals surface area contributed by atoms with Crippen LogP contribution in [0.5, 0.6) is 0 Å². The molecule has 2 aliphatic rings. The van der Waals surface area contributed by atoms with E-state index in [-0.39, 0.29) is 28.3 Å². The number of nitro benzene ring substituents is 1. The van der Waals surface area contributed by atoms with Crippen molar-refractivity contribution in [1.29, 1.82) is 5.26 Å². The summed E-state index contributed by atoms with van der Waals surface area (Å²) in [5.41, 5.74) is 8.12. The van der Waals surface area contributed by atoms with Crippen molar-refractivity contribution in [3.63, 3.8) is 0 Å². The highest BCUT2D eigenvalue weighted by molar-refractivity contribution is 9.10. The van der Waals surface area contributed by atoms with Crippen LogP contribution < -0.4 is 10.6 Å². The molecule has 0 saturated heterocycles. The van der Waals surface area contributed by atoms with Crippen LogP contribution in [0.25, 0.3) is 0 Å². The maximum absolute atomic E-state index is 13.4. The number of non-ortho nitro benzene ring substituents is 1. The highest BCUT2D eigenvalue weighted by Crippen LogP contribution is 2.51. The van der Waals surface area contributed by atoms with Crippen molar-refractivity contribution in [2.75, 3.05) is 4.90 Å². The first-order valence-electron chi connectivity index (χ1n) is 9.57. The summed E-state index contributed by atoms with van der Waals surface area (Å²) in [5.74, 6) is -0.381. The molecule has 2 heterocycles. The Kier molecular flexibility index (Phi) is 5.23. The van der Waals surface area contributed by atoms with E-state index < -0.39 is 10.8 Å². The minimum Gasteiger partial charge on any atom is -0.384 e. The summed E-state index contributed by atoms with van der Waals surface area (Å²) in [6.07, 6.45) is 0.912. The van der Waals surface area contributed by atoms with Crippen molar-refractivity contribution in [1.82, 2.24) is 0 Å². The van der Waals surface area contributed by atoms with E-state index in [4.69, 9.17) is 5.73 Å². The molecular weight excluding hydrogens is 480 g/mol. The van der Waals surface area contributed by atoms with Crippen LogP contribution in [0.2, 0.25) is 0 Å². The minimum atomic E-state index is -0.546. The molecule has 9 heteroatoms. The number of carbonyl (C=O) groups excluding carboxylic acids is 1. The van der Waals surface area contributed by atoms with E-state index in [1.54, 1.807) is 17.0 Å². The van der Waals surface area contributed by atoms with Gasteiger partial charge in [-0.3, -0.25) is 19.8 Å². The van der Waals surface area contributed by atoms with Gasteiger partial charge in [-0.1, -0.05) is 19.9 Å². The molecule has 0 fully saturated rings. The van der Waals surface area contributed by atoms with Crippen molar-refractivity contribution in [3.8, 4) is 6.07 Å². The van der Waals surface area contributed by atoms with Gasteiger partial charge in [-0.05, 0) is 39.9 Å². The van der Waals surface area contributed by atoms with Crippen LogP contribution in [0.15, 0.2) is 62.8 Å². The Labute approximate surface area is 191 Å². The average Bonchev–Trinajstić information content (AvgIpc) is 3.12. The highest BCUT2D eigenvalue weighted by atomic mass is 79.9. The van der Waals surface area contributed by atoms with E-state index >= 15 is 0 Å². The van der Waals surface area contributed by atoms with Crippen molar-refractivity contribution in [2.24, 2.45) is 11.1 Å². The molecule has 0 radical (unpaired) electrons. The SMILES string of the molecule is CC1(C)CC(=O)C2=C(C1)N(c1cccc([N+](=O)[O-])c1)C(N)=C(C#N)[C@H]2c1cc(Br)cs1. The number of carbonyl (C=O) groups is 1. The Morgan fingerprint density at radius 2 is 2.10 bits per heavy atom. The lowest BCUT2D eigenvalue weighted by Gasteiger charge is -2.43. The third kappa shape index (κ3) is 3.66. The van der Waals surface area contributed by atoms with Gasteiger partial charge in [-0.15, -0.1) is 11.3 Å². The topological polar surface area (TPSA) is 113 Å². The van der Waals surface area contributed by atoms with Crippen LogP contribution in [0, 0.1) is 26.9 Å². The third-order valence-corrected chi connectivity index (χ3v) is 7.31. The molecule has 0 unspecified atom stereocenters. The largest absolute Gasteiger partial charge is 0.384 e. The summed E-state index contributed by atoms with van der Waals surface area (Å²) in [6.45, 7) is 4.02. The van der Waals surface area contributed by atoms with E-state index in [0.717, 1.165) is 9.35 Å². The number of nitriles is 1. The molecule has 158 valence electrons. The zero-order valence-electron chi connectivity index (χ0n) is 16.9. The molecule has 2 N–H and O–H groups in total. The molecule has 1 atom stereocenters. The predicted molar refractivity (Wildman–Crippen MR) is 122 cm³/mol. The number of thiophene rings is 1. The molecule has 31 heavy (non-hydrogen) atoms. The van der Waals surface area contributed by atoms with E-state index in [1.807, 2.05) is 25.3 Å². The lowest BCUT2D eigenvalue weighted by molar-refractivity contribution is -0.384. The first kappa shape index (κ1) is 21.3. The Balaban J connectivity index is 2.00. The van der Waals surface area contributed by atoms with Gasteiger partial charge in [0.1, 0.15) is 5.82 Å². The van der Waals surface area contributed by atoms with Gasteiger partial charge in [-0.2, -0.15) is 5.26 Å². The first-order chi connectivity index (χ1) is 14.6. The van der Waals surface area contributed by atoms with E-state index in [0.29, 0.717) is 29.8 Å². The monoisotopic (exact) mass is 498 g/mol. The van der Waals surface area contributed by atoms with Gasteiger partial charge in [0.2, 0.25) is 0 Å². The number of nitrogens with two attached hydrogens (primary N) is 1. The van der Waals surface area contributed by atoms with Crippen molar-refractivity contribution >= 4 is 44.4 Å². The number of hydrogen-bond donors (Lipinski definition) is 1. The normalized spacial score (nSPS) is 20.5. The Hall–Kier alpha value is -2.96. The number of ketones is 1. The fourth-order valence-electron chi connectivity index (χ4n) is 4.31. The summed E-state index contributed by atoms with van der Waals surface area (Å²) in [5, 5.41) is 23.3. The number of hydrogen-bond acceptors (Lipinski definition) is 7. The minimum absolute atomic E-state index is 0.0311. The summed E-state index contributed by atoms with van der Waals surface area (Å²) in [4.78, 5) is 26.7. The number of allylic oxidation sites excluding steroid dienone is 3. The van der Waals surface area contributed by atoms with Gasteiger partial charge in [-0.25, -0.2) is 0 Å². The van der Waals surface area contributed by atoms with Crippen LogP contribution in [0.3, 0.4) is 0 Å². The third-order valence-electron chi connectivity index (χ3n) is 5.55. The van der Waals surface area contributed by atoms with Crippen molar-refractivity contribution < 1.29 is 9.72 Å². The molecule has 7 nitrogen and oxygen atoms in total. The van der Waals surface area contributed by atoms with E-state index in [1.165, 1.54) is 23.5 Å². The maximum Gasteiger partial charge on any atom is 0.271 e. The second kappa shape index (κ2) is 7.62. The summed E-state index contributed by atoms with van der Waals surface area (Å²) < 4.78 is 0.871. The molecular formula is C22H19BrN4O3S. The number of nitrogens with zero attached hydrogens (tertiary/aromatic N) is 3. The van der Waals surface area contributed by atoms with Crippen LogP contribution in [0.1, 0.15) is 37.5 Å². The van der Waals surface area contributed by atoms with Gasteiger partial charge >= 0.3 is 0 Å². The van der Waals surface area contributed by atoms with Crippen LogP contribution in [-0.4, -0.2) is 10.7 Å². The number of halogens is 1. The number of nitro groups is 1. The molecule has 1 aliphatic heterocycles. The second-order valence-electron chi connectivity index (χ2n) is 8.42. The number of anilines is 1. The molecule has 1 aliphatic carbocycles. The quantitative estimate of drug-likeness (QED) is 0.449. The summed E-state index contributed by atoms with van der Waals surface area (Å²) in [7, 11) is 0. The predicted octanol–water partition coefficient (Wildman–Crippen LogP) is 5.36. The second-order valence-corrected chi connectivity index (χ2v) is 10.3. The number of rotatable bonds is 3. The standard InChI is InChI=1S/C22H19BrN4O3S/c1-22(2)8-16-20(17(28)9-22)19(18-6-12(23)11-31-18)15(10-24)21(25)26(16)13-4-3-5-14(7-13)27(29)30/h3-7,11,19H,8-9,25H2,1-2H3/t19-/m0/s1. The van der Waals surface area contributed by atoms with Crippen LogP contribution >= 0.6 is 27.3 Å². The number of Topliss-reactive ketones (excluding diaryl/α,β-unsaturated/α-hetero) is 1. The van der Waals surface area contributed by atoms with Gasteiger partial charge < -0.3 is 5.73 Å². The van der Waals surface area contributed by atoms with E-state index in [2.05, 4.69) is 22.0 Å². The molecule has 0 saturated carbocycles. The van der Waals surface area contributed by atoms with Gasteiger partial charge in [0.05, 0.1) is 28.2 Å². The molecule has 1 aromatic heterocycles. The Bertz CT molecular complexity index is 1220. The lowest BCUT2D eigenvalue weighted by Crippen LogP contribution is -2.42. The fraction of sp³-hybridized carbons (Fsp3) is 0.273. The van der Waals surface area contributed by atoms with E-state index in [9.17, 15) is 20.2 Å². The smallest absolute Gasteiger partial charge is 0.271 e. The molecule has 0 spiro atoms. The molecule has 0 amide bonds. The Morgan fingerprint density at radius 3 is 2.71 bits per heavy atom. The first-order valence-corrected chi connectivity index (χ1v) is 11.2. The summed E-state index contributed by atoms with van der Waals surface area (Å²) in [6, 6.07) is 10.2. The molecule has 1 aromatic carbocycles. The van der Waals surface area contributed by atoms with Gasteiger partial charge in [0.15, 0.2) is 5.78 Å². The van der Waals surface area contributed by atoms with Crippen LogP contribution in [-0.2, 0) is 4.79 Å². The Morgan fingerprint density at radius 1 is 1.35 bits per heavy atom. The highest BCUT2D eigenvalue weighted by Gasteiger charge is 2.45. The molecule has 2 aromatic rings. The van der Waals surface area contributed by atoms with Gasteiger partial charge in [0.25, 0.3) is 5.69 Å². The maximum atomic E-state index is 13.4. The zero-order chi connectivity index (χ0) is 22.5. The van der Waals surface area contributed by atoms with Crippen molar-refractivity contribution in [3.05, 3.63) is 77.8 Å².